The average Bonchev–Trinajstić information content (AvgIpc) is 3.08. The van der Waals surface area contributed by atoms with Gasteiger partial charge in [0, 0.05) is 25.5 Å². The van der Waals surface area contributed by atoms with Crippen molar-refractivity contribution in [2.45, 2.75) is 6.54 Å². The second kappa shape index (κ2) is 6.50. The Balaban J connectivity index is 2.11. The molecule has 3 rings (SSSR count). The van der Waals surface area contributed by atoms with Crippen molar-refractivity contribution >= 4 is 39.2 Å². The molecule has 1 aromatic carbocycles. The zero-order valence-corrected chi connectivity index (χ0v) is 14.0. The average molecular weight is 332 g/mol. The Morgan fingerprint density at radius 1 is 1.36 bits per heavy atom. The van der Waals surface area contributed by atoms with Crippen LogP contribution in [0.15, 0.2) is 41.5 Å². The molecular weight excluding hydrogens is 316 g/mol. The van der Waals surface area contributed by atoms with Gasteiger partial charge in [-0.25, -0.2) is 0 Å². The van der Waals surface area contributed by atoms with E-state index in [1.807, 2.05) is 12.1 Å². The van der Waals surface area contributed by atoms with Crippen LogP contribution in [-0.2, 0) is 13.6 Å². The van der Waals surface area contributed by atoms with Crippen molar-refractivity contribution in [3.05, 3.63) is 47.0 Å². The fourth-order valence-electron chi connectivity index (χ4n) is 2.23. The van der Waals surface area contributed by atoms with Crippen molar-refractivity contribution in [2.75, 3.05) is 12.0 Å². The molecule has 0 unspecified atom stereocenters. The third-order valence-electron chi connectivity index (χ3n) is 3.34. The largest absolute Gasteiger partial charge is 0.316 e. The maximum atomic E-state index is 12.4. The summed E-state index contributed by atoms with van der Waals surface area (Å²) < 4.78 is 4.80. The van der Waals surface area contributed by atoms with Gasteiger partial charge < -0.3 is 4.57 Å². The number of carbonyl (C=O) groups excluding carboxylic acids is 1. The van der Waals surface area contributed by atoms with Gasteiger partial charge >= 0.3 is 0 Å². The van der Waals surface area contributed by atoms with E-state index in [-0.39, 0.29) is 5.91 Å². The summed E-state index contributed by atoms with van der Waals surface area (Å²) in [5.74, 6) is 0.720. The third-order valence-corrected chi connectivity index (χ3v) is 4.99. The molecule has 0 bridgehead atoms. The summed E-state index contributed by atoms with van der Waals surface area (Å²) in [5.41, 5.74) is 1.62. The first kappa shape index (κ1) is 15.1. The Labute approximate surface area is 136 Å². The maximum Gasteiger partial charge on any atom is 0.297 e. The molecule has 0 spiro atoms. The summed E-state index contributed by atoms with van der Waals surface area (Å²) in [5, 5.41) is 4.02. The molecule has 22 heavy (non-hydrogen) atoms. The van der Waals surface area contributed by atoms with Crippen LogP contribution in [0.25, 0.3) is 10.2 Å². The number of benzene rings is 1. The van der Waals surface area contributed by atoms with Crippen molar-refractivity contribution in [3.63, 3.8) is 0 Å². The fourth-order valence-corrected chi connectivity index (χ4v) is 3.65. The van der Waals surface area contributed by atoms with Crippen LogP contribution < -0.4 is 4.80 Å². The lowest BCUT2D eigenvalue weighted by Gasteiger charge is -2.03. The number of amides is 1. The summed E-state index contributed by atoms with van der Waals surface area (Å²) in [4.78, 5) is 17.4. The van der Waals surface area contributed by atoms with Crippen LogP contribution in [0.3, 0.4) is 0 Å². The molecule has 7 heteroatoms. The van der Waals surface area contributed by atoms with Crippen molar-refractivity contribution < 1.29 is 4.79 Å². The van der Waals surface area contributed by atoms with E-state index in [4.69, 9.17) is 0 Å². The van der Waals surface area contributed by atoms with E-state index in [0.717, 1.165) is 27.3 Å². The van der Waals surface area contributed by atoms with Gasteiger partial charge in [0.25, 0.3) is 5.91 Å². The number of rotatable bonds is 4. The minimum atomic E-state index is -0.260. The van der Waals surface area contributed by atoms with Gasteiger partial charge in [-0.05, 0) is 24.5 Å². The topological polar surface area (TPSA) is 52.2 Å². The number of thiazole rings is 1. The van der Waals surface area contributed by atoms with E-state index in [9.17, 15) is 4.79 Å². The molecule has 0 atom stereocenters. The smallest absolute Gasteiger partial charge is 0.297 e. The highest BCUT2D eigenvalue weighted by Gasteiger charge is 2.11. The highest BCUT2D eigenvalue weighted by molar-refractivity contribution is 7.98. The Morgan fingerprint density at radius 2 is 2.18 bits per heavy atom. The van der Waals surface area contributed by atoms with E-state index in [2.05, 4.69) is 33.0 Å². The highest BCUT2D eigenvalue weighted by Crippen LogP contribution is 2.17. The number of thioether (sulfide) groups is 1. The molecule has 0 radical (unpaired) electrons. The van der Waals surface area contributed by atoms with Gasteiger partial charge in [-0.15, -0.1) is 0 Å². The molecule has 0 saturated carbocycles. The second-order valence-electron chi connectivity index (χ2n) is 4.75. The summed E-state index contributed by atoms with van der Waals surface area (Å²) in [6.07, 6.45) is 3.68. The molecule has 3 aromatic rings. The van der Waals surface area contributed by atoms with Gasteiger partial charge in [0.1, 0.15) is 5.69 Å². The Kier molecular flexibility index (Phi) is 4.44. The fraction of sp³-hybridized carbons (Fsp3) is 0.267. The first-order valence-electron chi connectivity index (χ1n) is 6.85. The summed E-state index contributed by atoms with van der Waals surface area (Å²) >= 11 is 3.32. The van der Waals surface area contributed by atoms with Crippen molar-refractivity contribution in [1.82, 2.24) is 14.3 Å². The summed E-state index contributed by atoms with van der Waals surface area (Å²) in [6.45, 7) is 0.836. The lowest BCUT2D eigenvalue weighted by molar-refractivity contribution is 0.0989. The van der Waals surface area contributed by atoms with E-state index in [1.165, 1.54) is 0 Å². The summed E-state index contributed by atoms with van der Waals surface area (Å²) in [6, 6.07) is 9.83. The van der Waals surface area contributed by atoms with Crippen LogP contribution in [0, 0.1) is 0 Å². The third kappa shape index (κ3) is 2.86. The SMILES string of the molecule is CSCCn1c(=NC(=O)c2ccnn2C)sc2ccccc21. The molecule has 0 saturated heterocycles. The Morgan fingerprint density at radius 3 is 2.91 bits per heavy atom. The maximum absolute atomic E-state index is 12.4. The van der Waals surface area contributed by atoms with Crippen LogP contribution >= 0.6 is 23.1 Å². The zero-order chi connectivity index (χ0) is 15.5. The minimum absolute atomic E-state index is 0.260. The predicted octanol–water partition coefficient (Wildman–Crippen LogP) is 2.54. The molecule has 2 aromatic heterocycles. The van der Waals surface area contributed by atoms with Crippen LogP contribution in [0.2, 0.25) is 0 Å². The summed E-state index contributed by atoms with van der Waals surface area (Å²) in [7, 11) is 1.75. The van der Waals surface area contributed by atoms with E-state index < -0.39 is 0 Å². The molecule has 1 amide bonds. The Bertz CT molecular complexity index is 875. The lowest BCUT2D eigenvalue weighted by Crippen LogP contribution is -2.19. The van der Waals surface area contributed by atoms with E-state index in [0.29, 0.717) is 5.69 Å². The first-order chi connectivity index (χ1) is 10.7. The molecule has 114 valence electrons. The molecule has 0 aliphatic rings. The standard InChI is InChI=1S/C15H16N4OS2/c1-18-12(7-8-16-18)14(20)17-15-19(9-10-21-2)11-5-3-4-6-13(11)22-15/h3-8H,9-10H2,1-2H3. The first-order valence-corrected chi connectivity index (χ1v) is 9.06. The van der Waals surface area contributed by atoms with Crippen LogP contribution in [0.4, 0.5) is 0 Å². The van der Waals surface area contributed by atoms with Crippen LogP contribution in [-0.4, -0.2) is 32.3 Å². The number of aryl methyl sites for hydroxylation is 2. The normalized spacial score (nSPS) is 12.2. The number of fused-ring (bicyclic) bond motifs is 1. The van der Waals surface area contributed by atoms with Crippen LogP contribution in [0.5, 0.6) is 0 Å². The van der Waals surface area contributed by atoms with Gasteiger partial charge in [0.15, 0.2) is 4.80 Å². The number of hydrogen-bond donors (Lipinski definition) is 0. The molecule has 0 N–H and O–H groups in total. The van der Waals surface area contributed by atoms with Crippen molar-refractivity contribution in [3.8, 4) is 0 Å². The minimum Gasteiger partial charge on any atom is -0.316 e. The van der Waals surface area contributed by atoms with Gasteiger partial charge in [0.05, 0.1) is 10.2 Å². The van der Waals surface area contributed by atoms with Crippen molar-refractivity contribution in [2.24, 2.45) is 12.0 Å². The zero-order valence-electron chi connectivity index (χ0n) is 12.4. The highest BCUT2D eigenvalue weighted by atomic mass is 32.2. The van der Waals surface area contributed by atoms with Gasteiger partial charge in [-0.1, -0.05) is 23.5 Å². The number of carbonyl (C=O) groups is 1. The second-order valence-corrected chi connectivity index (χ2v) is 6.75. The number of hydrogen-bond acceptors (Lipinski definition) is 4. The van der Waals surface area contributed by atoms with Crippen molar-refractivity contribution in [1.29, 1.82) is 0 Å². The lowest BCUT2D eigenvalue weighted by atomic mass is 10.3. The number of nitrogens with zero attached hydrogens (tertiary/aromatic N) is 4. The van der Waals surface area contributed by atoms with Gasteiger partial charge in [-0.2, -0.15) is 21.9 Å². The molecular formula is C15H16N4OS2. The van der Waals surface area contributed by atoms with E-state index >= 15 is 0 Å². The van der Waals surface area contributed by atoms with Crippen LogP contribution in [0.1, 0.15) is 10.5 Å². The molecule has 0 fully saturated rings. The number of aromatic nitrogens is 3. The van der Waals surface area contributed by atoms with Gasteiger partial charge in [0.2, 0.25) is 0 Å². The van der Waals surface area contributed by atoms with Gasteiger partial charge in [-0.3, -0.25) is 9.48 Å². The number of para-hydroxylation sites is 1. The molecule has 2 heterocycles. The predicted molar refractivity (Wildman–Crippen MR) is 91.3 cm³/mol. The molecule has 5 nitrogen and oxygen atoms in total. The van der Waals surface area contributed by atoms with E-state index in [1.54, 1.807) is 47.1 Å². The Hall–Kier alpha value is -1.86. The molecule has 0 aliphatic heterocycles. The monoisotopic (exact) mass is 332 g/mol. The quantitative estimate of drug-likeness (QED) is 0.738. The molecule has 0 aliphatic carbocycles.